The molecule has 0 bridgehead atoms. The Morgan fingerprint density at radius 2 is 1.50 bits per heavy atom. The molecule has 0 radical (unpaired) electrons. The van der Waals surface area contributed by atoms with E-state index in [-0.39, 0.29) is 18.0 Å². The van der Waals surface area contributed by atoms with Gasteiger partial charge in [-0.3, -0.25) is 10.6 Å². The highest BCUT2D eigenvalue weighted by Gasteiger charge is 2.22. The summed E-state index contributed by atoms with van der Waals surface area (Å²) in [4.78, 5) is 11.9. The first-order valence-corrected chi connectivity index (χ1v) is 13.9. The van der Waals surface area contributed by atoms with Crippen molar-refractivity contribution in [3.8, 4) is 0 Å². The van der Waals surface area contributed by atoms with Gasteiger partial charge in [0.15, 0.2) is 0 Å². The Hall–Kier alpha value is -3.98. The van der Waals surface area contributed by atoms with Crippen molar-refractivity contribution in [2.24, 2.45) is 22.5 Å². The van der Waals surface area contributed by atoms with Crippen LogP contribution in [0.5, 0.6) is 0 Å². The second-order valence-corrected chi connectivity index (χ2v) is 9.69. The number of nitrogens with two attached hydrogens (primary N) is 3. The number of nitrogens with one attached hydrogen (secondary N) is 3. The molecule has 9 nitrogen and oxygen atoms in total. The smallest absolute Gasteiger partial charge is 0.217 e. The van der Waals surface area contributed by atoms with Gasteiger partial charge in [-0.25, -0.2) is 0 Å². The maximum absolute atomic E-state index is 11.9. The summed E-state index contributed by atoms with van der Waals surface area (Å²) in [6.07, 6.45) is 7.85. The number of nitrogens with zero attached hydrogens (tertiary/aromatic N) is 1. The highest BCUT2D eigenvalue weighted by atomic mass is 16.2. The fourth-order valence-corrected chi connectivity index (χ4v) is 4.25. The summed E-state index contributed by atoms with van der Waals surface area (Å²) in [6, 6.07) is 20.5. The zero-order valence-electron chi connectivity index (χ0n) is 24.1. The maximum Gasteiger partial charge on any atom is 0.217 e. The van der Waals surface area contributed by atoms with Crippen molar-refractivity contribution in [2.75, 3.05) is 0 Å². The Bertz CT molecular complexity index is 1030. The fraction of sp³-hybridized carbons (Fsp3) is 0.419. The van der Waals surface area contributed by atoms with Gasteiger partial charge in [0, 0.05) is 31.1 Å². The number of allylic oxidation sites excluding steroid dienone is 2. The predicted molar refractivity (Wildman–Crippen MR) is 166 cm³/mol. The van der Waals surface area contributed by atoms with E-state index < -0.39 is 0 Å². The van der Waals surface area contributed by atoms with Crippen LogP contribution in [0, 0.1) is 0 Å². The molecule has 0 aliphatic carbocycles. The lowest BCUT2D eigenvalue weighted by atomic mass is 9.95. The zero-order chi connectivity index (χ0) is 29.6. The minimum absolute atomic E-state index is 0.0415. The number of rotatable bonds is 17. The van der Waals surface area contributed by atoms with Crippen LogP contribution in [0.3, 0.4) is 0 Å². The van der Waals surface area contributed by atoms with Crippen LogP contribution in [0.2, 0.25) is 0 Å². The number of aryl methyl sites for hydroxylation is 2. The van der Waals surface area contributed by atoms with Gasteiger partial charge < -0.3 is 32.7 Å². The number of benzene rings is 2. The normalized spacial score (nSPS) is 12.9. The Labute approximate surface area is 240 Å². The van der Waals surface area contributed by atoms with Crippen LogP contribution in [0.1, 0.15) is 69.9 Å². The molecule has 2 aromatic carbocycles. The largest absolute Gasteiger partial charge is 0.514 e. The van der Waals surface area contributed by atoms with Gasteiger partial charge in [0.1, 0.15) is 5.84 Å². The van der Waals surface area contributed by atoms with E-state index in [1.807, 2.05) is 24.3 Å². The first kappa shape index (κ1) is 34.0. The number of hydrogen-bond acceptors (Lipinski definition) is 7. The third-order valence-corrected chi connectivity index (χ3v) is 6.49. The number of hydrazone groups is 1. The molecule has 0 aromatic heterocycles. The summed E-state index contributed by atoms with van der Waals surface area (Å²) in [7, 11) is 0. The molecule has 2 rings (SSSR count). The molecule has 0 aliphatic heterocycles. The third kappa shape index (κ3) is 15.4. The Morgan fingerprint density at radius 1 is 0.950 bits per heavy atom. The lowest BCUT2D eigenvalue weighted by Crippen LogP contribution is -2.49. The van der Waals surface area contributed by atoms with Crippen LogP contribution < -0.4 is 33.5 Å². The van der Waals surface area contributed by atoms with Gasteiger partial charge in [0.25, 0.3) is 0 Å². The van der Waals surface area contributed by atoms with Crippen molar-refractivity contribution < 1.29 is 9.90 Å². The molecule has 220 valence electrons. The van der Waals surface area contributed by atoms with E-state index in [2.05, 4.69) is 71.1 Å². The molecular weight excluding hydrogens is 502 g/mol. The fourth-order valence-electron chi connectivity index (χ4n) is 4.25. The van der Waals surface area contributed by atoms with Gasteiger partial charge >= 0.3 is 0 Å². The molecule has 0 saturated carbocycles. The van der Waals surface area contributed by atoms with Gasteiger partial charge in [-0.05, 0) is 62.5 Å². The summed E-state index contributed by atoms with van der Waals surface area (Å²) in [5, 5.41) is 19.3. The average molecular weight is 552 g/mol. The average Bonchev–Trinajstić information content (AvgIpc) is 2.98. The predicted octanol–water partition coefficient (Wildman–Crippen LogP) is 4.28. The van der Waals surface area contributed by atoms with Crippen molar-refractivity contribution in [3.05, 3.63) is 96.0 Å². The van der Waals surface area contributed by atoms with Gasteiger partial charge in [0.05, 0.1) is 12.0 Å². The summed E-state index contributed by atoms with van der Waals surface area (Å²) in [6.45, 7) is 7.87. The Kier molecular flexibility index (Phi) is 17.8. The summed E-state index contributed by atoms with van der Waals surface area (Å²) in [5.41, 5.74) is 12.3. The molecule has 0 spiro atoms. The van der Waals surface area contributed by atoms with Crippen LogP contribution in [-0.2, 0) is 17.6 Å². The molecule has 40 heavy (non-hydrogen) atoms. The van der Waals surface area contributed by atoms with Crippen molar-refractivity contribution in [2.45, 2.75) is 83.7 Å². The van der Waals surface area contributed by atoms with E-state index in [9.17, 15) is 9.90 Å². The molecule has 2 unspecified atom stereocenters. The first-order valence-electron chi connectivity index (χ1n) is 13.9. The van der Waals surface area contributed by atoms with E-state index in [0.717, 1.165) is 50.5 Å². The van der Waals surface area contributed by atoms with Crippen LogP contribution in [-0.4, -0.2) is 28.9 Å². The number of carbonyl (C=O) groups excluding carboxylic acids is 1. The minimum Gasteiger partial charge on any atom is -0.514 e. The second-order valence-electron chi connectivity index (χ2n) is 9.69. The number of amides is 1. The van der Waals surface area contributed by atoms with Gasteiger partial charge in [-0.2, -0.15) is 5.10 Å². The van der Waals surface area contributed by atoms with Crippen molar-refractivity contribution in [3.63, 3.8) is 0 Å². The van der Waals surface area contributed by atoms with Crippen molar-refractivity contribution >= 4 is 11.7 Å². The Balaban J connectivity index is 0.000000850. The van der Waals surface area contributed by atoms with E-state index in [0.29, 0.717) is 30.8 Å². The zero-order valence-corrected chi connectivity index (χ0v) is 24.1. The minimum atomic E-state index is -0.130. The maximum atomic E-state index is 11.9. The monoisotopic (exact) mass is 551 g/mol. The lowest BCUT2D eigenvalue weighted by Gasteiger charge is -2.30. The number of amidine groups is 1. The van der Waals surface area contributed by atoms with Crippen molar-refractivity contribution in [1.29, 1.82) is 0 Å². The van der Waals surface area contributed by atoms with Gasteiger partial charge in [-0.15, -0.1) is 0 Å². The van der Waals surface area contributed by atoms with Crippen LogP contribution in [0.4, 0.5) is 0 Å². The quantitative estimate of drug-likeness (QED) is 0.0507. The highest BCUT2D eigenvalue weighted by Crippen LogP contribution is 2.16. The number of hydrogen-bond donors (Lipinski definition) is 7. The first-order chi connectivity index (χ1) is 19.3. The molecule has 0 heterocycles. The van der Waals surface area contributed by atoms with E-state index in [1.54, 1.807) is 0 Å². The molecule has 0 aliphatic rings. The number of carbonyl (C=O) groups is 1. The summed E-state index contributed by atoms with van der Waals surface area (Å²) in [5.74, 6) is 10.9. The molecule has 1 amide bonds. The molecular formula is C31H49N7O2. The molecule has 9 heteroatoms. The molecule has 0 saturated heterocycles. The van der Waals surface area contributed by atoms with E-state index in [1.165, 1.54) is 18.1 Å². The SMILES string of the molecule is C=C(CCc1ccccc1)NC(CCC/C(N)=N/N)C(CCCC(=CO)NN)NC(C)=O.CCc1ccccc1. The van der Waals surface area contributed by atoms with Gasteiger partial charge in [-0.1, -0.05) is 74.2 Å². The van der Waals surface area contributed by atoms with E-state index in [4.69, 9.17) is 17.4 Å². The Morgan fingerprint density at radius 3 is 1.98 bits per heavy atom. The number of aliphatic hydroxyl groups excluding tert-OH is 1. The summed E-state index contributed by atoms with van der Waals surface area (Å²) < 4.78 is 0. The van der Waals surface area contributed by atoms with Crippen LogP contribution in [0.15, 0.2) is 90.0 Å². The van der Waals surface area contributed by atoms with Crippen LogP contribution in [0.25, 0.3) is 0 Å². The topological polar surface area (TPSA) is 164 Å². The van der Waals surface area contributed by atoms with Gasteiger partial charge in [0.2, 0.25) is 5.91 Å². The lowest BCUT2D eigenvalue weighted by molar-refractivity contribution is -0.119. The van der Waals surface area contributed by atoms with E-state index >= 15 is 0 Å². The molecule has 0 fully saturated rings. The number of hydrazine groups is 1. The third-order valence-electron chi connectivity index (χ3n) is 6.49. The number of aliphatic hydroxyl groups is 1. The molecule has 10 N–H and O–H groups in total. The molecule has 2 atom stereocenters. The standard InChI is InChI=1S/C23H39N7O2.C8H10/c1-17(14-15-19-8-4-3-5-9-19)27-21(12-7-13-23(24)30-26)22(28-18(2)32)11-6-10-20(16-31)29-25;1-2-8-6-4-3-5-7-8/h3-5,8-9,16,21-22,27,29,31H,1,6-7,10-15,25-26H2,2H3,(H2,24,30)(H,28,32);3-7H,2H2,1H3. The summed E-state index contributed by atoms with van der Waals surface area (Å²) >= 11 is 0. The second kappa shape index (κ2) is 20.9. The molecule has 2 aromatic rings. The van der Waals surface area contributed by atoms with Crippen LogP contribution >= 0.6 is 0 Å². The highest BCUT2D eigenvalue weighted by molar-refractivity contribution is 5.79. The van der Waals surface area contributed by atoms with Crippen molar-refractivity contribution in [1.82, 2.24) is 16.1 Å².